The summed E-state index contributed by atoms with van der Waals surface area (Å²) in [5.74, 6) is 0. The minimum atomic E-state index is 0.282. The second-order valence-electron chi connectivity index (χ2n) is 4.49. The number of hydrogen-bond acceptors (Lipinski definition) is 3. The smallest absolute Gasteiger partial charge is 0.0547 e. The summed E-state index contributed by atoms with van der Waals surface area (Å²) in [6.07, 6.45) is 3.88. The van der Waals surface area contributed by atoms with E-state index in [2.05, 4.69) is 4.90 Å². The van der Waals surface area contributed by atoms with Crippen LogP contribution in [-0.4, -0.2) is 44.3 Å². The largest absolute Gasteiger partial charge is 0.381 e. The number of hydrogen-bond donors (Lipinski definition) is 1. The van der Waals surface area contributed by atoms with Crippen molar-refractivity contribution < 1.29 is 4.74 Å². The Morgan fingerprint density at radius 2 is 2.08 bits per heavy atom. The van der Waals surface area contributed by atoms with Gasteiger partial charge >= 0.3 is 0 Å². The quantitative estimate of drug-likeness (QED) is 0.692. The lowest BCUT2D eigenvalue weighted by Gasteiger charge is -2.30. The normalized spacial score (nSPS) is 35.8. The maximum absolute atomic E-state index is 5.84. The maximum Gasteiger partial charge on any atom is 0.0547 e. The van der Waals surface area contributed by atoms with Crippen molar-refractivity contribution in [2.24, 2.45) is 11.1 Å². The second-order valence-corrected chi connectivity index (χ2v) is 4.49. The van der Waals surface area contributed by atoms with E-state index in [4.69, 9.17) is 10.5 Å². The Labute approximate surface area is 80.2 Å². The van der Waals surface area contributed by atoms with Crippen molar-refractivity contribution >= 4 is 0 Å². The van der Waals surface area contributed by atoms with Gasteiger partial charge in [-0.1, -0.05) is 0 Å². The number of ether oxygens (including phenoxy) is 1. The lowest BCUT2D eigenvalue weighted by atomic mass is 9.87. The van der Waals surface area contributed by atoms with E-state index in [-0.39, 0.29) is 5.41 Å². The Bertz CT molecular complexity index is 160. The zero-order valence-electron chi connectivity index (χ0n) is 8.30. The average Bonchev–Trinajstić information content (AvgIpc) is 2.77. The van der Waals surface area contributed by atoms with Crippen molar-refractivity contribution in [1.29, 1.82) is 0 Å². The first kappa shape index (κ1) is 9.44. The predicted octanol–water partition coefficient (Wildman–Crippen LogP) is 0.448. The summed E-state index contributed by atoms with van der Waals surface area (Å²) in [5.41, 5.74) is 6.12. The van der Waals surface area contributed by atoms with Gasteiger partial charge in [0.2, 0.25) is 0 Å². The van der Waals surface area contributed by atoms with Gasteiger partial charge in [0.1, 0.15) is 0 Å². The molecule has 0 aliphatic carbocycles. The summed E-state index contributed by atoms with van der Waals surface area (Å²) in [7, 11) is 0. The molecule has 2 N–H and O–H groups in total. The van der Waals surface area contributed by atoms with E-state index in [1.54, 1.807) is 0 Å². The third-order valence-corrected chi connectivity index (χ3v) is 3.38. The molecule has 0 radical (unpaired) electrons. The molecule has 0 saturated carbocycles. The highest BCUT2D eigenvalue weighted by molar-refractivity contribution is 4.88. The summed E-state index contributed by atoms with van der Waals surface area (Å²) in [4.78, 5) is 2.54. The summed E-state index contributed by atoms with van der Waals surface area (Å²) in [6, 6.07) is 0. The summed E-state index contributed by atoms with van der Waals surface area (Å²) in [6.45, 7) is 6.25. The number of nitrogens with zero attached hydrogens (tertiary/aromatic N) is 1. The van der Waals surface area contributed by atoms with E-state index >= 15 is 0 Å². The first-order chi connectivity index (χ1) is 6.35. The molecule has 0 amide bonds. The fraction of sp³-hybridized carbons (Fsp3) is 1.00. The molecular weight excluding hydrogens is 164 g/mol. The number of rotatable bonds is 3. The molecule has 3 nitrogen and oxygen atoms in total. The molecule has 2 rings (SSSR count). The summed E-state index contributed by atoms with van der Waals surface area (Å²) < 4.78 is 5.45. The molecule has 2 fully saturated rings. The SMILES string of the molecule is NCC1(CN2CCCC2)CCOC1. The number of likely N-dealkylation sites (tertiary alicyclic amines) is 1. The van der Waals surface area contributed by atoms with E-state index in [1.165, 1.54) is 25.9 Å². The maximum atomic E-state index is 5.84. The van der Waals surface area contributed by atoms with E-state index in [0.717, 1.165) is 32.7 Å². The molecule has 2 aliphatic heterocycles. The first-order valence-corrected chi connectivity index (χ1v) is 5.35. The molecule has 0 aromatic heterocycles. The highest BCUT2D eigenvalue weighted by Crippen LogP contribution is 2.29. The zero-order chi connectivity index (χ0) is 9.15. The lowest BCUT2D eigenvalue weighted by Crippen LogP contribution is -2.42. The van der Waals surface area contributed by atoms with Crippen LogP contribution in [0.5, 0.6) is 0 Å². The van der Waals surface area contributed by atoms with Gasteiger partial charge < -0.3 is 15.4 Å². The Balaban J connectivity index is 1.88. The van der Waals surface area contributed by atoms with Gasteiger partial charge in [-0.2, -0.15) is 0 Å². The molecular formula is C10H20N2O. The Hall–Kier alpha value is -0.120. The topological polar surface area (TPSA) is 38.5 Å². The minimum Gasteiger partial charge on any atom is -0.381 e. The summed E-state index contributed by atoms with van der Waals surface area (Å²) >= 11 is 0. The van der Waals surface area contributed by atoms with Crippen molar-refractivity contribution in [2.75, 3.05) is 39.4 Å². The van der Waals surface area contributed by atoms with E-state index in [0.29, 0.717) is 0 Å². The van der Waals surface area contributed by atoms with Crippen LogP contribution in [0.2, 0.25) is 0 Å². The first-order valence-electron chi connectivity index (χ1n) is 5.35. The summed E-state index contributed by atoms with van der Waals surface area (Å²) in [5, 5.41) is 0. The Kier molecular flexibility index (Phi) is 2.86. The van der Waals surface area contributed by atoms with Gasteiger partial charge in [-0.05, 0) is 32.4 Å². The van der Waals surface area contributed by atoms with Gasteiger partial charge in [0, 0.05) is 25.1 Å². The predicted molar refractivity (Wildman–Crippen MR) is 52.6 cm³/mol. The number of nitrogens with two attached hydrogens (primary N) is 1. The van der Waals surface area contributed by atoms with Crippen molar-refractivity contribution in [1.82, 2.24) is 4.90 Å². The van der Waals surface area contributed by atoms with Crippen molar-refractivity contribution in [2.45, 2.75) is 19.3 Å². The van der Waals surface area contributed by atoms with Crippen molar-refractivity contribution in [3.63, 3.8) is 0 Å². The van der Waals surface area contributed by atoms with Crippen molar-refractivity contribution in [3.8, 4) is 0 Å². The highest BCUT2D eigenvalue weighted by Gasteiger charge is 2.35. The van der Waals surface area contributed by atoms with Gasteiger partial charge in [-0.25, -0.2) is 0 Å². The highest BCUT2D eigenvalue weighted by atomic mass is 16.5. The van der Waals surface area contributed by atoms with Crippen molar-refractivity contribution in [3.05, 3.63) is 0 Å². The van der Waals surface area contributed by atoms with Gasteiger partial charge in [0.05, 0.1) is 6.61 Å². The second kappa shape index (κ2) is 3.95. The molecule has 13 heavy (non-hydrogen) atoms. The molecule has 0 aromatic carbocycles. The molecule has 1 unspecified atom stereocenters. The van der Waals surface area contributed by atoms with Crippen LogP contribution in [0.25, 0.3) is 0 Å². The monoisotopic (exact) mass is 184 g/mol. The molecule has 0 bridgehead atoms. The molecule has 0 aromatic rings. The van der Waals surface area contributed by atoms with Crippen LogP contribution in [-0.2, 0) is 4.74 Å². The van der Waals surface area contributed by atoms with Crippen LogP contribution < -0.4 is 5.73 Å². The average molecular weight is 184 g/mol. The van der Waals surface area contributed by atoms with Crippen LogP contribution >= 0.6 is 0 Å². The third-order valence-electron chi connectivity index (χ3n) is 3.38. The molecule has 0 spiro atoms. The Morgan fingerprint density at radius 3 is 2.62 bits per heavy atom. The van der Waals surface area contributed by atoms with Gasteiger partial charge in [0.15, 0.2) is 0 Å². The van der Waals surface area contributed by atoms with Gasteiger partial charge in [0.25, 0.3) is 0 Å². The van der Waals surface area contributed by atoms with E-state index in [1.807, 2.05) is 0 Å². The fourth-order valence-electron chi connectivity index (χ4n) is 2.41. The van der Waals surface area contributed by atoms with E-state index < -0.39 is 0 Å². The van der Waals surface area contributed by atoms with Crippen LogP contribution in [0.15, 0.2) is 0 Å². The molecule has 3 heteroatoms. The molecule has 2 heterocycles. The van der Waals surface area contributed by atoms with Crippen LogP contribution in [0, 0.1) is 5.41 Å². The molecule has 76 valence electrons. The van der Waals surface area contributed by atoms with Gasteiger partial charge in [-0.3, -0.25) is 0 Å². The molecule has 1 atom stereocenters. The van der Waals surface area contributed by atoms with Crippen LogP contribution in [0.3, 0.4) is 0 Å². The molecule has 2 aliphatic rings. The minimum absolute atomic E-state index is 0.282. The standard InChI is InChI=1S/C10H20N2O/c11-7-10(3-6-13-9-10)8-12-4-1-2-5-12/h1-9,11H2. The van der Waals surface area contributed by atoms with Crippen LogP contribution in [0.4, 0.5) is 0 Å². The fourth-order valence-corrected chi connectivity index (χ4v) is 2.41. The Morgan fingerprint density at radius 1 is 1.31 bits per heavy atom. The third kappa shape index (κ3) is 2.03. The zero-order valence-corrected chi connectivity index (χ0v) is 8.30. The van der Waals surface area contributed by atoms with Gasteiger partial charge in [-0.15, -0.1) is 0 Å². The van der Waals surface area contributed by atoms with E-state index in [9.17, 15) is 0 Å². The molecule has 2 saturated heterocycles. The lowest BCUT2D eigenvalue weighted by molar-refractivity contribution is 0.125. The van der Waals surface area contributed by atoms with Crippen LogP contribution in [0.1, 0.15) is 19.3 Å².